The standard InChI is InChI=1S/C22H31N5O3/c1-15-9-10-19(28)26(13-15)14-17(23)12-20(29)27-11-5-8-18(27)22(30)25-21(24)16-6-3-2-4-7-16/h2-4,6-7,15,17-18H,5,8-14,23H2,1H3,(H2,24,25,30)/t15-,17+,18+/m1/s1. The van der Waals surface area contributed by atoms with Crippen molar-refractivity contribution in [2.45, 2.75) is 51.1 Å². The Hall–Kier alpha value is -2.74. The first-order chi connectivity index (χ1) is 14.3. The van der Waals surface area contributed by atoms with Crippen molar-refractivity contribution < 1.29 is 14.4 Å². The highest BCUT2D eigenvalue weighted by Crippen LogP contribution is 2.21. The maximum atomic E-state index is 12.8. The lowest BCUT2D eigenvalue weighted by molar-refractivity contribution is -0.138. The summed E-state index contributed by atoms with van der Waals surface area (Å²) in [6.07, 6.45) is 2.83. The van der Waals surface area contributed by atoms with Crippen LogP contribution in [-0.4, -0.2) is 65.1 Å². The molecule has 0 bridgehead atoms. The van der Waals surface area contributed by atoms with Gasteiger partial charge < -0.3 is 21.3 Å². The normalized spacial score (nSPS) is 23.5. The average molecular weight is 414 g/mol. The molecular formula is C22H31N5O3. The molecule has 4 N–H and O–H groups in total. The fourth-order valence-corrected chi connectivity index (χ4v) is 4.15. The van der Waals surface area contributed by atoms with Gasteiger partial charge in [0.1, 0.15) is 11.9 Å². The van der Waals surface area contributed by atoms with E-state index < -0.39 is 18.0 Å². The van der Waals surface area contributed by atoms with Gasteiger partial charge in [-0.3, -0.25) is 14.4 Å². The summed E-state index contributed by atoms with van der Waals surface area (Å²) < 4.78 is 0. The Kier molecular flexibility index (Phi) is 7.20. The number of amides is 3. The van der Waals surface area contributed by atoms with E-state index in [4.69, 9.17) is 11.5 Å². The zero-order chi connectivity index (χ0) is 21.7. The smallest absolute Gasteiger partial charge is 0.270 e. The number of carbonyl (C=O) groups is 3. The molecule has 30 heavy (non-hydrogen) atoms. The molecule has 162 valence electrons. The van der Waals surface area contributed by atoms with E-state index in [1.165, 1.54) is 0 Å². The lowest BCUT2D eigenvalue weighted by Crippen LogP contribution is -2.48. The van der Waals surface area contributed by atoms with Gasteiger partial charge in [-0.25, -0.2) is 0 Å². The van der Waals surface area contributed by atoms with Gasteiger partial charge in [0, 0.05) is 44.1 Å². The Morgan fingerprint density at radius 3 is 2.70 bits per heavy atom. The van der Waals surface area contributed by atoms with Crippen LogP contribution in [0, 0.1) is 5.92 Å². The van der Waals surface area contributed by atoms with E-state index in [-0.39, 0.29) is 24.1 Å². The maximum Gasteiger partial charge on any atom is 0.270 e. The first kappa shape index (κ1) is 22.0. The van der Waals surface area contributed by atoms with Crippen LogP contribution in [0.4, 0.5) is 0 Å². The molecule has 0 spiro atoms. The Bertz CT molecular complexity index is 810. The van der Waals surface area contributed by atoms with Crippen molar-refractivity contribution in [1.82, 2.24) is 9.80 Å². The van der Waals surface area contributed by atoms with E-state index in [1.54, 1.807) is 21.9 Å². The number of rotatable bonds is 6. The van der Waals surface area contributed by atoms with E-state index in [0.29, 0.717) is 44.0 Å². The third-order valence-electron chi connectivity index (χ3n) is 5.79. The molecular weight excluding hydrogens is 382 g/mol. The van der Waals surface area contributed by atoms with Crippen LogP contribution >= 0.6 is 0 Å². The van der Waals surface area contributed by atoms with Crippen LogP contribution in [0.3, 0.4) is 0 Å². The van der Waals surface area contributed by atoms with Gasteiger partial charge in [-0.15, -0.1) is 0 Å². The minimum atomic E-state index is -0.608. The topological polar surface area (TPSA) is 122 Å². The van der Waals surface area contributed by atoms with Crippen LogP contribution < -0.4 is 11.5 Å². The number of hydrogen-bond donors (Lipinski definition) is 2. The molecule has 1 aromatic rings. The van der Waals surface area contributed by atoms with Gasteiger partial charge in [-0.2, -0.15) is 4.99 Å². The molecule has 8 heteroatoms. The highest BCUT2D eigenvalue weighted by atomic mass is 16.2. The second-order valence-corrected chi connectivity index (χ2v) is 8.35. The van der Waals surface area contributed by atoms with Crippen LogP contribution in [0.2, 0.25) is 0 Å². The number of benzene rings is 1. The van der Waals surface area contributed by atoms with Crippen LogP contribution in [0.5, 0.6) is 0 Å². The molecule has 0 unspecified atom stereocenters. The van der Waals surface area contributed by atoms with Crippen molar-refractivity contribution in [2.24, 2.45) is 22.4 Å². The van der Waals surface area contributed by atoms with Crippen LogP contribution in [0.25, 0.3) is 0 Å². The first-order valence-electron chi connectivity index (χ1n) is 10.6. The number of nitrogens with zero attached hydrogens (tertiary/aromatic N) is 3. The third-order valence-corrected chi connectivity index (χ3v) is 5.79. The second-order valence-electron chi connectivity index (χ2n) is 8.35. The van der Waals surface area contributed by atoms with Crippen molar-refractivity contribution in [3.05, 3.63) is 35.9 Å². The van der Waals surface area contributed by atoms with Gasteiger partial charge in [-0.05, 0) is 25.2 Å². The molecule has 8 nitrogen and oxygen atoms in total. The Morgan fingerprint density at radius 2 is 1.97 bits per heavy atom. The SMILES string of the molecule is C[C@@H]1CCC(=O)N(C[C@@H](N)CC(=O)N2CCC[C@H]2C(=O)N=C(N)c2ccccc2)C1. The van der Waals surface area contributed by atoms with E-state index in [9.17, 15) is 14.4 Å². The quantitative estimate of drug-likeness (QED) is 0.530. The number of carbonyl (C=O) groups excluding carboxylic acids is 3. The van der Waals surface area contributed by atoms with Crippen molar-refractivity contribution in [3.63, 3.8) is 0 Å². The number of amidine groups is 1. The molecule has 0 saturated carbocycles. The first-order valence-corrected chi connectivity index (χ1v) is 10.6. The van der Waals surface area contributed by atoms with Gasteiger partial charge in [0.05, 0.1) is 0 Å². The Balaban J connectivity index is 1.58. The largest absolute Gasteiger partial charge is 0.383 e. The lowest BCUT2D eigenvalue weighted by Gasteiger charge is -2.33. The molecule has 0 aromatic heterocycles. The van der Waals surface area contributed by atoms with Gasteiger partial charge in [0.25, 0.3) is 5.91 Å². The van der Waals surface area contributed by atoms with Gasteiger partial charge in [0.2, 0.25) is 11.8 Å². The summed E-state index contributed by atoms with van der Waals surface area (Å²) in [6.45, 7) is 3.65. The van der Waals surface area contributed by atoms with E-state index in [2.05, 4.69) is 11.9 Å². The number of piperidine rings is 1. The molecule has 2 aliphatic rings. The summed E-state index contributed by atoms with van der Waals surface area (Å²) in [4.78, 5) is 44.9. The molecule has 0 aliphatic carbocycles. The summed E-state index contributed by atoms with van der Waals surface area (Å²) in [5, 5.41) is 0. The Morgan fingerprint density at radius 1 is 1.23 bits per heavy atom. The molecule has 2 saturated heterocycles. The highest BCUT2D eigenvalue weighted by molar-refractivity contribution is 6.05. The summed E-state index contributed by atoms with van der Waals surface area (Å²) in [6, 6.07) is 8.00. The number of nitrogens with two attached hydrogens (primary N) is 2. The number of hydrogen-bond acceptors (Lipinski definition) is 4. The second kappa shape index (κ2) is 9.84. The van der Waals surface area contributed by atoms with Crippen LogP contribution in [-0.2, 0) is 14.4 Å². The monoisotopic (exact) mass is 413 g/mol. The van der Waals surface area contributed by atoms with Crippen molar-refractivity contribution in [3.8, 4) is 0 Å². The fourth-order valence-electron chi connectivity index (χ4n) is 4.15. The molecule has 2 heterocycles. The summed E-state index contributed by atoms with van der Waals surface area (Å²) >= 11 is 0. The zero-order valence-corrected chi connectivity index (χ0v) is 17.5. The number of aliphatic imine (C=N–C) groups is 1. The van der Waals surface area contributed by atoms with Gasteiger partial charge >= 0.3 is 0 Å². The van der Waals surface area contributed by atoms with Gasteiger partial charge in [-0.1, -0.05) is 37.3 Å². The molecule has 2 aliphatic heterocycles. The Labute approximate surface area is 177 Å². The van der Waals surface area contributed by atoms with Crippen LogP contribution in [0.15, 0.2) is 35.3 Å². The predicted molar refractivity (Wildman–Crippen MR) is 114 cm³/mol. The lowest BCUT2D eigenvalue weighted by atomic mass is 9.99. The van der Waals surface area contributed by atoms with Gasteiger partial charge in [0.15, 0.2) is 0 Å². The third kappa shape index (κ3) is 5.44. The molecule has 3 amide bonds. The molecule has 3 atom stereocenters. The molecule has 3 rings (SSSR count). The van der Waals surface area contributed by atoms with Crippen molar-refractivity contribution in [1.29, 1.82) is 0 Å². The minimum Gasteiger partial charge on any atom is -0.383 e. The van der Waals surface area contributed by atoms with Crippen molar-refractivity contribution >= 4 is 23.6 Å². The summed E-state index contributed by atoms with van der Waals surface area (Å²) in [5.74, 6) is 0.101. The highest BCUT2D eigenvalue weighted by Gasteiger charge is 2.35. The molecule has 1 aromatic carbocycles. The minimum absolute atomic E-state index is 0.0935. The average Bonchev–Trinajstić information content (AvgIpc) is 3.21. The summed E-state index contributed by atoms with van der Waals surface area (Å²) in [7, 11) is 0. The van der Waals surface area contributed by atoms with E-state index in [1.807, 2.05) is 18.2 Å². The fraction of sp³-hybridized carbons (Fsp3) is 0.545. The van der Waals surface area contributed by atoms with E-state index in [0.717, 1.165) is 12.8 Å². The number of likely N-dealkylation sites (tertiary alicyclic amines) is 2. The predicted octanol–water partition coefficient (Wildman–Crippen LogP) is 0.885. The van der Waals surface area contributed by atoms with E-state index >= 15 is 0 Å². The summed E-state index contributed by atoms with van der Waals surface area (Å²) in [5.41, 5.74) is 12.8. The maximum absolute atomic E-state index is 12.8. The molecule has 0 radical (unpaired) electrons. The molecule has 2 fully saturated rings. The van der Waals surface area contributed by atoms with Crippen molar-refractivity contribution in [2.75, 3.05) is 19.6 Å². The van der Waals surface area contributed by atoms with Crippen LogP contribution in [0.1, 0.15) is 44.6 Å². The zero-order valence-electron chi connectivity index (χ0n) is 17.5.